The third-order valence-electron chi connectivity index (χ3n) is 9.17. The number of benzene rings is 4. The molecule has 0 amide bonds. The fourth-order valence-electron chi connectivity index (χ4n) is 5.99. The summed E-state index contributed by atoms with van der Waals surface area (Å²) in [5.41, 5.74) is 8.09. The van der Waals surface area contributed by atoms with E-state index in [0.717, 1.165) is 44.5 Å². The Morgan fingerprint density at radius 2 is 0.786 bits per heavy atom. The monoisotopic (exact) mass is 568 g/mol. The number of phenols is 5. The molecule has 0 unspecified atom stereocenters. The van der Waals surface area contributed by atoms with Crippen LogP contribution in [0.25, 0.3) is 0 Å². The Balaban J connectivity index is 1.84. The number of phenolic OH excluding ortho intramolecular Hbond substituents is 5. The molecule has 0 heterocycles. The highest BCUT2D eigenvalue weighted by molar-refractivity contribution is 5.60. The number of aromatic hydroxyl groups is 5. The van der Waals surface area contributed by atoms with Gasteiger partial charge >= 0.3 is 0 Å². The van der Waals surface area contributed by atoms with Crippen LogP contribution in [0.3, 0.4) is 0 Å². The van der Waals surface area contributed by atoms with Gasteiger partial charge in [0, 0.05) is 28.4 Å². The standard InChI is InChI=1S/C37H44O5/c1-19-11-27(12-20(2)31(19)38)36(7,8)29-15-23(5)33(40)25(17-29)16-26-18-30(35(42)24(6)34(26)41)37(9,10)28-13-21(3)32(39)22(4)14-28/h11-15,17-18,38-42H,16H2,1-10H3. The van der Waals surface area contributed by atoms with Gasteiger partial charge in [-0.15, -0.1) is 0 Å². The van der Waals surface area contributed by atoms with Gasteiger partial charge in [0.25, 0.3) is 0 Å². The van der Waals surface area contributed by atoms with E-state index < -0.39 is 10.8 Å². The van der Waals surface area contributed by atoms with Crippen molar-refractivity contribution in [3.05, 3.63) is 109 Å². The molecule has 4 rings (SSSR count). The van der Waals surface area contributed by atoms with Crippen molar-refractivity contribution >= 4 is 0 Å². The zero-order valence-electron chi connectivity index (χ0n) is 26.5. The molecule has 0 saturated carbocycles. The average molecular weight is 569 g/mol. The van der Waals surface area contributed by atoms with Crippen molar-refractivity contribution in [2.75, 3.05) is 0 Å². The average Bonchev–Trinajstić information content (AvgIpc) is 2.91. The van der Waals surface area contributed by atoms with Gasteiger partial charge in [0.2, 0.25) is 0 Å². The van der Waals surface area contributed by atoms with Crippen LogP contribution in [0.1, 0.15) is 94.5 Å². The third-order valence-corrected chi connectivity index (χ3v) is 9.17. The summed E-state index contributed by atoms with van der Waals surface area (Å²) < 4.78 is 0. The van der Waals surface area contributed by atoms with Crippen LogP contribution >= 0.6 is 0 Å². The highest BCUT2D eigenvalue weighted by Crippen LogP contribution is 2.45. The summed E-state index contributed by atoms with van der Waals surface area (Å²) >= 11 is 0. The van der Waals surface area contributed by atoms with E-state index in [-0.39, 0.29) is 29.4 Å². The zero-order chi connectivity index (χ0) is 31.5. The molecule has 0 fully saturated rings. The molecular formula is C37H44O5. The van der Waals surface area contributed by atoms with Crippen LogP contribution < -0.4 is 0 Å². The Kier molecular flexibility index (Phi) is 7.79. The van der Waals surface area contributed by atoms with Crippen molar-refractivity contribution in [2.45, 2.75) is 86.5 Å². The van der Waals surface area contributed by atoms with Gasteiger partial charge in [-0.3, -0.25) is 0 Å². The second-order valence-electron chi connectivity index (χ2n) is 13.1. The minimum atomic E-state index is -0.642. The quantitative estimate of drug-likeness (QED) is 0.161. The Bertz CT molecular complexity index is 1660. The fourth-order valence-corrected chi connectivity index (χ4v) is 5.99. The molecule has 5 heteroatoms. The molecule has 4 aromatic carbocycles. The molecule has 0 atom stereocenters. The lowest BCUT2D eigenvalue weighted by atomic mass is 9.74. The van der Waals surface area contributed by atoms with Crippen LogP contribution in [0.15, 0.2) is 42.5 Å². The predicted octanol–water partition coefficient (Wildman–Crippen LogP) is 8.31. The van der Waals surface area contributed by atoms with Crippen LogP contribution in [0.2, 0.25) is 0 Å². The summed E-state index contributed by atoms with van der Waals surface area (Å²) in [7, 11) is 0. The SMILES string of the molecule is Cc1cc(C(C)(C)c2cc(C)c(O)c(Cc3cc(C(C)(C)c4cc(C)c(O)c(C)c4)c(O)c(C)c3O)c2)cc(C)c1O. The van der Waals surface area contributed by atoms with Gasteiger partial charge in [-0.2, -0.15) is 0 Å². The van der Waals surface area contributed by atoms with E-state index in [4.69, 9.17) is 0 Å². The van der Waals surface area contributed by atoms with Crippen molar-refractivity contribution in [2.24, 2.45) is 0 Å². The minimum Gasteiger partial charge on any atom is -0.507 e. The van der Waals surface area contributed by atoms with Crippen LogP contribution in [0.5, 0.6) is 28.7 Å². The summed E-state index contributed by atoms with van der Waals surface area (Å²) in [6, 6.07) is 13.7. The Morgan fingerprint density at radius 1 is 0.429 bits per heavy atom. The molecular weight excluding hydrogens is 524 g/mol. The first kappa shape index (κ1) is 30.8. The molecule has 0 aromatic heterocycles. The first-order chi connectivity index (χ1) is 19.4. The number of aryl methyl sites for hydroxylation is 5. The number of rotatable bonds is 6. The molecule has 222 valence electrons. The Morgan fingerprint density at radius 3 is 1.24 bits per heavy atom. The van der Waals surface area contributed by atoms with Crippen LogP contribution in [-0.2, 0) is 17.3 Å². The van der Waals surface area contributed by atoms with Gasteiger partial charge in [0.15, 0.2) is 0 Å². The minimum absolute atomic E-state index is 0.00313. The maximum Gasteiger partial charge on any atom is 0.126 e. The maximum absolute atomic E-state index is 11.2. The molecule has 0 aliphatic rings. The zero-order valence-corrected chi connectivity index (χ0v) is 26.5. The summed E-state index contributed by atoms with van der Waals surface area (Å²) in [5, 5.41) is 54.2. The van der Waals surface area contributed by atoms with Crippen LogP contribution in [0.4, 0.5) is 0 Å². The van der Waals surface area contributed by atoms with Crippen molar-refractivity contribution < 1.29 is 25.5 Å². The molecule has 0 saturated heterocycles. The second kappa shape index (κ2) is 10.6. The van der Waals surface area contributed by atoms with Gasteiger partial charge in [-0.1, -0.05) is 64.1 Å². The molecule has 0 spiro atoms. The summed E-state index contributed by atoms with van der Waals surface area (Å²) in [5.74, 6) is 0.747. The maximum atomic E-state index is 11.2. The Labute approximate surface area is 249 Å². The number of hydrogen-bond donors (Lipinski definition) is 5. The fraction of sp³-hybridized carbons (Fsp3) is 0.351. The first-order valence-electron chi connectivity index (χ1n) is 14.4. The van der Waals surface area contributed by atoms with E-state index in [2.05, 4.69) is 13.8 Å². The lowest BCUT2D eigenvalue weighted by Crippen LogP contribution is -2.21. The molecule has 5 nitrogen and oxygen atoms in total. The van der Waals surface area contributed by atoms with E-state index in [9.17, 15) is 25.5 Å². The molecule has 0 aliphatic heterocycles. The largest absolute Gasteiger partial charge is 0.507 e. The van der Waals surface area contributed by atoms with Crippen molar-refractivity contribution in [1.29, 1.82) is 0 Å². The summed E-state index contributed by atoms with van der Waals surface area (Å²) in [6.07, 6.45) is 0.258. The third kappa shape index (κ3) is 5.17. The molecule has 42 heavy (non-hydrogen) atoms. The van der Waals surface area contributed by atoms with E-state index in [1.165, 1.54) is 0 Å². The second-order valence-corrected chi connectivity index (χ2v) is 13.1. The van der Waals surface area contributed by atoms with Crippen LogP contribution in [-0.4, -0.2) is 25.5 Å². The first-order valence-corrected chi connectivity index (χ1v) is 14.4. The summed E-state index contributed by atoms with van der Waals surface area (Å²) in [4.78, 5) is 0. The van der Waals surface area contributed by atoms with Crippen molar-refractivity contribution in [1.82, 2.24) is 0 Å². The van der Waals surface area contributed by atoms with Gasteiger partial charge < -0.3 is 25.5 Å². The number of hydrogen-bond acceptors (Lipinski definition) is 5. The lowest BCUT2D eigenvalue weighted by Gasteiger charge is -2.30. The highest BCUT2D eigenvalue weighted by atomic mass is 16.3. The van der Waals surface area contributed by atoms with Gasteiger partial charge in [0.1, 0.15) is 28.7 Å². The molecule has 0 radical (unpaired) electrons. The summed E-state index contributed by atoms with van der Waals surface area (Å²) in [6.45, 7) is 19.3. The predicted molar refractivity (Wildman–Crippen MR) is 170 cm³/mol. The van der Waals surface area contributed by atoms with Crippen molar-refractivity contribution in [3.63, 3.8) is 0 Å². The molecule has 0 aliphatic carbocycles. The van der Waals surface area contributed by atoms with Crippen LogP contribution in [0, 0.1) is 41.5 Å². The molecule has 5 N–H and O–H groups in total. The van der Waals surface area contributed by atoms with Gasteiger partial charge in [0.05, 0.1) is 0 Å². The van der Waals surface area contributed by atoms with E-state index in [1.54, 1.807) is 6.92 Å². The smallest absolute Gasteiger partial charge is 0.126 e. The molecule has 0 bridgehead atoms. The van der Waals surface area contributed by atoms with Gasteiger partial charge in [-0.05, 0) is 103 Å². The Hall–Kier alpha value is -4.12. The highest BCUT2D eigenvalue weighted by Gasteiger charge is 2.31. The van der Waals surface area contributed by atoms with Gasteiger partial charge in [-0.25, -0.2) is 0 Å². The van der Waals surface area contributed by atoms with Crippen molar-refractivity contribution in [3.8, 4) is 28.7 Å². The van der Waals surface area contributed by atoms with E-state index >= 15 is 0 Å². The lowest BCUT2D eigenvalue weighted by molar-refractivity contribution is 0.425. The topological polar surface area (TPSA) is 101 Å². The van der Waals surface area contributed by atoms with E-state index in [0.29, 0.717) is 28.0 Å². The molecule has 4 aromatic rings. The normalized spacial score (nSPS) is 12.1. The van der Waals surface area contributed by atoms with E-state index in [1.807, 2.05) is 90.9 Å².